The highest BCUT2D eigenvalue weighted by Gasteiger charge is 2.92. The van der Waals surface area contributed by atoms with Gasteiger partial charge < -0.3 is 19.3 Å². The number of aliphatic hydroxyl groups is 1. The maximum Gasteiger partial charge on any atom is 0.303 e. The van der Waals surface area contributed by atoms with Gasteiger partial charge in [-0.05, 0) is 23.8 Å². The number of fused-ring (bicyclic) bond motifs is 1. The van der Waals surface area contributed by atoms with Gasteiger partial charge in [0.15, 0.2) is 0 Å². The molecule has 4 aliphatic rings. The van der Waals surface area contributed by atoms with Crippen LogP contribution in [-0.4, -0.2) is 53.2 Å². The molecule has 2 unspecified atom stereocenters. The first-order chi connectivity index (χ1) is 15.6. The first-order valence-corrected chi connectivity index (χ1v) is 12.0. The molecule has 0 aromatic carbocycles. The van der Waals surface area contributed by atoms with E-state index in [1.807, 2.05) is 27.7 Å². The lowest BCUT2D eigenvalue weighted by molar-refractivity contribution is -0.194. The van der Waals surface area contributed by atoms with Gasteiger partial charge in [-0.1, -0.05) is 34.3 Å². The van der Waals surface area contributed by atoms with Gasteiger partial charge in [0.1, 0.15) is 24.1 Å². The van der Waals surface area contributed by atoms with Gasteiger partial charge in [0, 0.05) is 49.9 Å². The van der Waals surface area contributed by atoms with Gasteiger partial charge in [-0.25, -0.2) is 0 Å². The largest absolute Gasteiger partial charge is 0.461 e. The maximum atomic E-state index is 13.6. The van der Waals surface area contributed by atoms with Crippen LogP contribution in [0.25, 0.3) is 0 Å². The van der Waals surface area contributed by atoms with Gasteiger partial charge in [-0.3, -0.25) is 19.2 Å². The van der Waals surface area contributed by atoms with Crippen LogP contribution in [-0.2, 0) is 33.4 Å². The molecule has 0 aromatic rings. The van der Waals surface area contributed by atoms with Crippen molar-refractivity contribution in [1.82, 2.24) is 0 Å². The summed E-state index contributed by atoms with van der Waals surface area (Å²) in [5.74, 6) is -2.67. The number of ketones is 1. The second kappa shape index (κ2) is 7.39. The van der Waals surface area contributed by atoms with Crippen molar-refractivity contribution in [3.63, 3.8) is 0 Å². The summed E-state index contributed by atoms with van der Waals surface area (Å²) in [6.07, 6.45) is -2.65. The van der Waals surface area contributed by atoms with Crippen molar-refractivity contribution in [2.24, 2.45) is 33.5 Å². The summed E-state index contributed by atoms with van der Waals surface area (Å²) in [4.78, 5) is 50.9. The third kappa shape index (κ3) is 2.53. The lowest BCUT2D eigenvalue weighted by Gasteiger charge is -2.60. The molecule has 4 aliphatic carbocycles. The summed E-state index contributed by atoms with van der Waals surface area (Å²) in [6.45, 7) is 16.0. The van der Waals surface area contributed by atoms with Gasteiger partial charge in [0.2, 0.25) is 0 Å². The highest BCUT2D eigenvalue weighted by atomic mass is 16.6. The fraction of sp³-hybridized carbons (Fsp3) is 0.769. The number of ether oxygens (including phenoxy) is 3. The number of rotatable bonds is 3. The smallest absolute Gasteiger partial charge is 0.303 e. The van der Waals surface area contributed by atoms with Crippen molar-refractivity contribution >= 4 is 23.7 Å². The second-order valence-corrected chi connectivity index (χ2v) is 11.5. The van der Waals surface area contributed by atoms with Crippen LogP contribution in [0.4, 0.5) is 0 Å². The summed E-state index contributed by atoms with van der Waals surface area (Å²) >= 11 is 0. The Labute approximate surface area is 200 Å². The molecule has 8 nitrogen and oxygen atoms in total. The van der Waals surface area contributed by atoms with E-state index < -0.39 is 75.8 Å². The molecule has 0 radical (unpaired) electrons. The van der Waals surface area contributed by atoms with Crippen molar-refractivity contribution in [3.8, 4) is 0 Å². The Kier molecular flexibility index (Phi) is 5.41. The van der Waals surface area contributed by atoms with E-state index in [2.05, 4.69) is 6.58 Å². The van der Waals surface area contributed by atoms with Gasteiger partial charge in [0.05, 0.1) is 11.5 Å². The van der Waals surface area contributed by atoms with Crippen LogP contribution in [0.3, 0.4) is 0 Å². The molecule has 0 aliphatic heterocycles. The molecule has 2 bridgehead atoms. The number of aliphatic hydroxyl groups excluding tert-OH is 1. The van der Waals surface area contributed by atoms with Crippen LogP contribution in [0.1, 0.15) is 67.7 Å². The first-order valence-electron chi connectivity index (χ1n) is 12.0. The van der Waals surface area contributed by atoms with E-state index >= 15 is 0 Å². The summed E-state index contributed by atoms with van der Waals surface area (Å²) in [5, 5.41) is 11.2. The standard InChI is InChI=1S/C26H36O8/c1-12-18(30)9-10-24(8)21(33-15(4)28)22(34-16(5)29)25-13(2)19(31)11-17(23(25,6)7)20(26(12,24)25)32-14(3)27/h13,17-18,20-22,30H,1,9-11H2,2-8H3/t13-,17+,18+,20-,21+,22+,24+,25?,26?/m1/s1. The zero-order valence-electron chi connectivity index (χ0n) is 21.1. The van der Waals surface area contributed by atoms with Gasteiger partial charge in [-0.2, -0.15) is 0 Å². The molecule has 34 heavy (non-hydrogen) atoms. The molecule has 1 N–H and O–H groups in total. The molecule has 0 saturated heterocycles. The van der Waals surface area contributed by atoms with E-state index in [-0.39, 0.29) is 12.2 Å². The minimum absolute atomic E-state index is 0.0332. The maximum absolute atomic E-state index is 13.6. The Hall–Kier alpha value is -2.22. The Morgan fingerprint density at radius 2 is 1.44 bits per heavy atom. The lowest BCUT2D eigenvalue weighted by Crippen LogP contribution is -2.63. The molecule has 4 fully saturated rings. The van der Waals surface area contributed by atoms with E-state index in [1.165, 1.54) is 20.8 Å². The number of Topliss-reactive ketones (excluding diaryl/α,β-unsaturated/α-hetero) is 1. The molecular weight excluding hydrogens is 440 g/mol. The quantitative estimate of drug-likeness (QED) is 0.376. The van der Waals surface area contributed by atoms with Crippen LogP contribution < -0.4 is 0 Å². The molecule has 2 spiro atoms. The SMILES string of the molecule is C=C1[C@@H](O)CC[C@@]2(C)[C@@H](OC(C)=O)[C@H](OC(C)=O)C34[C@H](C)C(=O)C[C@@H]([C@@H](OC(C)=O)C132)C4(C)C. The normalized spacial score (nSPS) is 46.4. The lowest BCUT2D eigenvalue weighted by atomic mass is 9.42. The number of hydrogen-bond acceptors (Lipinski definition) is 8. The van der Waals surface area contributed by atoms with Crippen LogP contribution in [0.15, 0.2) is 12.2 Å². The average Bonchev–Trinajstić information content (AvgIpc) is 2.95. The van der Waals surface area contributed by atoms with Crippen molar-refractivity contribution in [2.45, 2.75) is 92.1 Å². The Bertz CT molecular complexity index is 983. The molecule has 4 saturated carbocycles. The van der Waals surface area contributed by atoms with Crippen LogP contribution in [0.2, 0.25) is 0 Å². The van der Waals surface area contributed by atoms with Crippen molar-refractivity contribution < 1.29 is 38.5 Å². The highest BCUT2D eigenvalue weighted by molar-refractivity contribution is 5.85. The predicted molar refractivity (Wildman–Crippen MR) is 120 cm³/mol. The molecule has 0 aromatic heterocycles. The third-order valence-electron chi connectivity index (χ3n) is 10.0. The van der Waals surface area contributed by atoms with E-state index in [1.54, 1.807) is 0 Å². The zero-order chi connectivity index (χ0) is 25.6. The Morgan fingerprint density at radius 3 is 1.97 bits per heavy atom. The first kappa shape index (κ1) is 24.9. The average molecular weight is 477 g/mol. The number of carbonyl (C=O) groups is 4. The summed E-state index contributed by atoms with van der Waals surface area (Å²) in [6, 6.07) is 0. The van der Waals surface area contributed by atoms with Crippen molar-refractivity contribution in [2.75, 3.05) is 0 Å². The van der Waals surface area contributed by atoms with E-state index in [9.17, 15) is 24.3 Å². The summed E-state index contributed by atoms with van der Waals surface area (Å²) in [5.41, 5.74) is -3.45. The van der Waals surface area contributed by atoms with Crippen molar-refractivity contribution in [1.29, 1.82) is 0 Å². The van der Waals surface area contributed by atoms with Crippen molar-refractivity contribution in [3.05, 3.63) is 12.2 Å². The topological polar surface area (TPSA) is 116 Å². The summed E-state index contributed by atoms with van der Waals surface area (Å²) < 4.78 is 18.0. The number of hydrogen-bond donors (Lipinski definition) is 1. The van der Waals surface area contributed by atoms with E-state index in [4.69, 9.17) is 14.2 Å². The van der Waals surface area contributed by atoms with Gasteiger partial charge in [0.25, 0.3) is 0 Å². The fourth-order valence-corrected chi connectivity index (χ4v) is 9.15. The molecular formula is C26H36O8. The molecule has 8 heteroatoms. The predicted octanol–water partition coefficient (Wildman–Crippen LogP) is 2.75. The van der Waals surface area contributed by atoms with E-state index in [0.717, 1.165) is 0 Å². The highest BCUT2D eigenvalue weighted by Crippen LogP contribution is 2.86. The van der Waals surface area contributed by atoms with E-state index in [0.29, 0.717) is 18.4 Å². The van der Waals surface area contributed by atoms with Crippen LogP contribution in [0.5, 0.6) is 0 Å². The molecule has 188 valence electrons. The molecule has 9 atom stereocenters. The van der Waals surface area contributed by atoms with Crippen LogP contribution >= 0.6 is 0 Å². The minimum Gasteiger partial charge on any atom is -0.461 e. The number of carbonyl (C=O) groups excluding carboxylic acids is 4. The fourth-order valence-electron chi connectivity index (χ4n) is 9.15. The van der Waals surface area contributed by atoms with Gasteiger partial charge in [-0.15, -0.1) is 0 Å². The monoisotopic (exact) mass is 476 g/mol. The molecule has 0 heterocycles. The number of esters is 3. The van der Waals surface area contributed by atoms with Crippen LogP contribution in [0, 0.1) is 33.5 Å². The minimum atomic E-state index is -1.16. The Morgan fingerprint density at radius 1 is 0.941 bits per heavy atom. The second-order valence-electron chi connectivity index (χ2n) is 11.5. The zero-order valence-corrected chi connectivity index (χ0v) is 21.1. The Balaban J connectivity index is 2.18. The third-order valence-corrected chi connectivity index (χ3v) is 10.0. The summed E-state index contributed by atoms with van der Waals surface area (Å²) in [7, 11) is 0. The van der Waals surface area contributed by atoms with Gasteiger partial charge >= 0.3 is 17.9 Å². The molecule has 0 amide bonds. The molecule has 4 rings (SSSR count).